The zero-order valence-electron chi connectivity index (χ0n) is 9.20. The van der Waals surface area contributed by atoms with Gasteiger partial charge in [-0.15, -0.1) is 11.3 Å². The molecule has 0 radical (unpaired) electrons. The predicted octanol–water partition coefficient (Wildman–Crippen LogP) is 3.28. The first-order valence-electron chi connectivity index (χ1n) is 5.07. The minimum Gasteiger partial charge on any atom is -0.322 e. The maximum Gasteiger partial charge on any atom is 0.123 e. The molecule has 2 N–H and O–H groups in total. The van der Waals surface area contributed by atoms with Crippen molar-refractivity contribution in [3.05, 3.63) is 40.0 Å². The average molecular weight is 236 g/mol. The van der Waals surface area contributed by atoms with E-state index in [0.717, 1.165) is 21.1 Å². The van der Waals surface area contributed by atoms with E-state index in [4.69, 9.17) is 5.73 Å². The third-order valence-electron chi connectivity index (χ3n) is 2.32. The van der Waals surface area contributed by atoms with Crippen molar-refractivity contribution >= 4 is 11.3 Å². The fraction of sp³-hybridized carbons (Fsp3) is 0.250. The predicted molar refractivity (Wildman–Crippen MR) is 64.8 cm³/mol. The summed E-state index contributed by atoms with van der Waals surface area (Å²) < 4.78 is 12.8. The summed E-state index contributed by atoms with van der Waals surface area (Å²) in [7, 11) is 0. The van der Waals surface area contributed by atoms with Gasteiger partial charge in [0.1, 0.15) is 10.8 Å². The van der Waals surface area contributed by atoms with Gasteiger partial charge in [0, 0.05) is 10.4 Å². The summed E-state index contributed by atoms with van der Waals surface area (Å²) in [6.45, 7) is 3.91. The lowest BCUT2D eigenvalue weighted by molar-refractivity contribution is 0.628. The lowest BCUT2D eigenvalue weighted by Crippen LogP contribution is -2.03. The minimum atomic E-state index is -0.232. The SMILES string of the molecule is Cc1sc(C(C)N)nc1-c1ccc(F)cc1. The van der Waals surface area contributed by atoms with E-state index in [2.05, 4.69) is 4.98 Å². The molecule has 2 aromatic rings. The summed E-state index contributed by atoms with van der Waals surface area (Å²) in [6, 6.07) is 6.31. The second-order valence-electron chi connectivity index (χ2n) is 3.75. The van der Waals surface area contributed by atoms with Crippen LogP contribution in [0.1, 0.15) is 22.9 Å². The van der Waals surface area contributed by atoms with Crippen LogP contribution in [0.2, 0.25) is 0 Å². The highest BCUT2D eigenvalue weighted by Gasteiger charge is 2.12. The van der Waals surface area contributed by atoms with Crippen LogP contribution in [0.3, 0.4) is 0 Å². The molecule has 16 heavy (non-hydrogen) atoms. The maximum absolute atomic E-state index is 12.8. The largest absolute Gasteiger partial charge is 0.322 e. The molecule has 84 valence electrons. The Hall–Kier alpha value is -1.26. The summed E-state index contributed by atoms with van der Waals surface area (Å²) in [6.07, 6.45) is 0. The van der Waals surface area contributed by atoms with Gasteiger partial charge in [0.15, 0.2) is 0 Å². The van der Waals surface area contributed by atoms with Crippen LogP contribution in [0, 0.1) is 12.7 Å². The second-order valence-corrected chi connectivity index (χ2v) is 4.99. The van der Waals surface area contributed by atoms with E-state index in [1.807, 2.05) is 13.8 Å². The Morgan fingerprint density at radius 2 is 1.94 bits per heavy atom. The van der Waals surface area contributed by atoms with Gasteiger partial charge in [-0.05, 0) is 38.1 Å². The monoisotopic (exact) mass is 236 g/mol. The molecule has 0 amide bonds. The molecule has 2 rings (SSSR count). The van der Waals surface area contributed by atoms with Gasteiger partial charge < -0.3 is 5.73 Å². The first kappa shape index (κ1) is 11.2. The van der Waals surface area contributed by atoms with E-state index >= 15 is 0 Å². The molecule has 0 saturated heterocycles. The Morgan fingerprint density at radius 3 is 2.44 bits per heavy atom. The molecule has 0 aliphatic carbocycles. The Bertz CT molecular complexity index is 488. The van der Waals surface area contributed by atoms with Crippen LogP contribution < -0.4 is 5.73 Å². The van der Waals surface area contributed by atoms with Gasteiger partial charge in [0.05, 0.1) is 11.7 Å². The highest BCUT2D eigenvalue weighted by Crippen LogP contribution is 2.29. The second kappa shape index (κ2) is 4.31. The van der Waals surface area contributed by atoms with Crippen molar-refractivity contribution in [1.29, 1.82) is 0 Å². The van der Waals surface area contributed by atoms with Crippen molar-refractivity contribution in [3.8, 4) is 11.3 Å². The Balaban J connectivity index is 2.44. The molecule has 2 nitrogen and oxygen atoms in total. The third kappa shape index (κ3) is 2.13. The molecular weight excluding hydrogens is 223 g/mol. The van der Waals surface area contributed by atoms with E-state index in [0.29, 0.717) is 0 Å². The van der Waals surface area contributed by atoms with E-state index in [-0.39, 0.29) is 11.9 Å². The van der Waals surface area contributed by atoms with Crippen LogP contribution in [0.5, 0.6) is 0 Å². The van der Waals surface area contributed by atoms with Crippen LogP contribution in [-0.2, 0) is 0 Å². The lowest BCUT2D eigenvalue weighted by Gasteiger charge is -1.99. The Morgan fingerprint density at radius 1 is 1.31 bits per heavy atom. The zero-order valence-corrected chi connectivity index (χ0v) is 10.0. The molecule has 1 aromatic heterocycles. The van der Waals surface area contributed by atoms with Gasteiger partial charge in [-0.1, -0.05) is 0 Å². The van der Waals surface area contributed by atoms with Crippen molar-refractivity contribution in [2.75, 3.05) is 0 Å². The summed E-state index contributed by atoms with van der Waals surface area (Å²) >= 11 is 1.59. The molecule has 1 atom stereocenters. The molecular formula is C12H13FN2S. The number of aryl methyl sites for hydroxylation is 1. The highest BCUT2D eigenvalue weighted by atomic mass is 32.1. The maximum atomic E-state index is 12.8. The average Bonchev–Trinajstić information content (AvgIpc) is 2.62. The number of thiazole rings is 1. The highest BCUT2D eigenvalue weighted by molar-refractivity contribution is 7.12. The normalized spacial score (nSPS) is 12.8. The molecule has 0 spiro atoms. The number of benzene rings is 1. The quantitative estimate of drug-likeness (QED) is 0.869. The molecule has 0 fully saturated rings. The Kier molecular flexibility index (Phi) is 3.03. The summed E-state index contributed by atoms with van der Waals surface area (Å²) in [4.78, 5) is 5.59. The standard InChI is InChI=1S/C12H13FN2S/c1-7(14)12-15-11(8(2)16-12)9-3-5-10(13)6-4-9/h3-7H,14H2,1-2H3. The van der Waals surface area contributed by atoms with Gasteiger partial charge >= 0.3 is 0 Å². The van der Waals surface area contributed by atoms with Crippen LogP contribution in [0.25, 0.3) is 11.3 Å². The molecule has 0 aliphatic heterocycles. The summed E-state index contributed by atoms with van der Waals surface area (Å²) in [5.41, 5.74) is 7.62. The number of nitrogens with two attached hydrogens (primary N) is 1. The number of hydrogen-bond donors (Lipinski definition) is 1. The molecule has 0 bridgehead atoms. The van der Waals surface area contributed by atoms with Gasteiger partial charge in [-0.25, -0.2) is 9.37 Å². The fourth-order valence-corrected chi connectivity index (χ4v) is 2.38. The topological polar surface area (TPSA) is 38.9 Å². The van der Waals surface area contributed by atoms with E-state index in [1.54, 1.807) is 23.5 Å². The van der Waals surface area contributed by atoms with E-state index in [9.17, 15) is 4.39 Å². The van der Waals surface area contributed by atoms with Crippen molar-refractivity contribution in [2.24, 2.45) is 5.73 Å². The molecule has 0 aliphatic rings. The number of aromatic nitrogens is 1. The van der Waals surface area contributed by atoms with Gasteiger partial charge in [0.2, 0.25) is 0 Å². The lowest BCUT2D eigenvalue weighted by atomic mass is 10.1. The number of hydrogen-bond acceptors (Lipinski definition) is 3. The molecule has 1 unspecified atom stereocenters. The van der Waals surface area contributed by atoms with E-state index < -0.39 is 0 Å². The number of halogens is 1. The van der Waals surface area contributed by atoms with Crippen LogP contribution in [0.15, 0.2) is 24.3 Å². The van der Waals surface area contributed by atoms with Crippen LogP contribution in [0.4, 0.5) is 4.39 Å². The van der Waals surface area contributed by atoms with Crippen LogP contribution >= 0.6 is 11.3 Å². The number of nitrogens with zero attached hydrogens (tertiary/aromatic N) is 1. The van der Waals surface area contributed by atoms with Crippen molar-refractivity contribution in [2.45, 2.75) is 19.9 Å². The molecule has 0 saturated carbocycles. The zero-order chi connectivity index (χ0) is 11.7. The van der Waals surface area contributed by atoms with Gasteiger partial charge in [-0.3, -0.25) is 0 Å². The van der Waals surface area contributed by atoms with E-state index in [1.165, 1.54) is 12.1 Å². The fourth-order valence-electron chi connectivity index (χ4n) is 1.49. The first-order valence-corrected chi connectivity index (χ1v) is 5.88. The molecule has 4 heteroatoms. The minimum absolute atomic E-state index is 0.0575. The number of rotatable bonds is 2. The third-order valence-corrected chi connectivity index (χ3v) is 3.49. The van der Waals surface area contributed by atoms with Crippen molar-refractivity contribution < 1.29 is 4.39 Å². The summed E-state index contributed by atoms with van der Waals surface area (Å²) in [5, 5.41) is 0.914. The molecule has 1 aromatic carbocycles. The van der Waals surface area contributed by atoms with Crippen molar-refractivity contribution in [3.63, 3.8) is 0 Å². The van der Waals surface area contributed by atoms with Crippen LogP contribution in [-0.4, -0.2) is 4.98 Å². The summed E-state index contributed by atoms with van der Waals surface area (Å²) in [5.74, 6) is -0.232. The van der Waals surface area contributed by atoms with Gasteiger partial charge in [0.25, 0.3) is 0 Å². The van der Waals surface area contributed by atoms with Gasteiger partial charge in [-0.2, -0.15) is 0 Å². The smallest absolute Gasteiger partial charge is 0.123 e. The molecule has 1 heterocycles. The Labute approximate surface area is 97.9 Å². The van der Waals surface area contributed by atoms with Crippen molar-refractivity contribution in [1.82, 2.24) is 4.98 Å². The first-order chi connectivity index (χ1) is 7.58.